The normalized spacial score (nSPS) is 14.4. The topological polar surface area (TPSA) is 78.9 Å². The lowest BCUT2D eigenvalue weighted by Crippen LogP contribution is -2.39. The second-order valence-electron chi connectivity index (χ2n) is 2.95. The van der Waals surface area contributed by atoms with Crippen LogP contribution in [0.3, 0.4) is 0 Å². The number of amidine groups is 1. The highest BCUT2D eigenvalue weighted by molar-refractivity contribution is 6.34. The van der Waals surface area contributed by atoms with Crippen LogP contribution in [0, 0.1) is 0 Å². The van der Waals surface area contributed by atoms with Gasteiger partial charge in [-0.25, -0.2) is 4.79 Å². The number of nitrogens with zero attached hydrogens (tertiary/aromatic N) is 2. The van der Waals surface area contributed by atoms with Gasteiger partial charge in [-0.1, -0.05) is 19.1 Å². The van der Waals surface area contributed by atoms with E-state index in [1.165, 1.54) is 4.90 Å². The highest BCUT2D eigenvalue weighted by Gasteiger charge is 2.17. The fraction of sp³-hybridized carbons (Fsp3) is 0.556. The maximum Gasteiger partial charge on any atom is 0.373 e. The molecule has 0 aliphatic carbocycles. The van der Waals surface area contributed by atoms with Gasteiger partial charge in [-0.3, -0.25) is 0 Å². The van der Waals surface area contributed by atoms with E-state index in [1.807, 2.05) is 26.0 Å². The van der Waals surface area contributed by atoms with Gasteiger partial charge in [0.15, 0.2) is 0 Å². The minimum Gasteiger partial charge on any atom is -0.475 e. The lowest BCUT2D eigenvalue weighted by molar-refractivity contribution is -0.130. The Hall–Kier alpha value is -1.52. The summed E-state index contributed by atoms with van der Waals surface area (Å²) in [6, 6.07) is -0.0339. The van der Waals surface area contributed by atoms with Gasteiger partial charge in [0.05, 0.1) is 0 Å². The van der Waals surface area contributed by atoms with Crippen LogP contribution < -0.4 is 5.84 Å². The molecule has 0 rings (SSSR count). The van der Waals surface area contributed by atoms with Gasteiger partial charge in [0.1, 0.15) is 0 Å². The maximum absolute atomic E-state index is 10.7. The number of nitrogens with two attached hydrogens (primary N) is 1. The number of rotatable bonds is 3. The summed E-state index contributed by atoms with van der Waals surface area (Å²) in [4.78, 5) is 12.2. The van der Waals surface area contributed by atoms with Crippen molar-refractivity contribution in [2.24, 2.45) is 10.9 Å². The number of carboxylic acids is 1. The second-order valence-corrected chi connectivity index (χ2v) is 2.95. The summed E-state index contributed by atoms with van der Waals surface area (Å²) in [5, 5.41) is 12.0. The Kier molecular flexibility index (Phi) is 5.36. The zero-order valence-corrected chi connectivity index (χ0v) is 8.77. The molecule has 0 heterocycles. The number of carbonyl (C=O) groups is 1. The van der Waals surface area contributed by atoms with Gasteiger partial charge in [-0.05, 0) is 13.3 Å². The van der Waals surface area contributed by atoms with Crippen LogP contribution in [0.4, 0.5) is 0 Å². The van der Waals surface area contributed by atoms with Crippen LogP contribution in [0.5, 0.6) is 0 Å². The van der Waals surface area contributed by atoms with Gasteiger partial charge in [0.25, 0.3) is 0 Å². The van der Waals surface area contributed by atoms with Gasteiger partial charge < -0.3 is 15.8 Å². The molecule has 0 saturated carbocycles. The Morgan fingerprint density at radius 2 is 2.29 bits per heavy atom. The van der Waals surface area contributed by atoms with Gasteiger partial charge in [0, 0.05) is 13.1 Å². The quantitative estimate of drug-likeness (QED) is 0.230. The molecule has 0 aromatic rings. The highest BCUT2D eigenvalue weighted by Crippen LogP contribution is 2.00. The van der Waals surface area contributed by atoms with Crippen molar-refractivity contribution in [2.45, 2.75) is 26.3 Å². The summed E-state index contributed by atoms with van der Waals surface area (Å²) in [5.41, 5.74) is 0. The third-order valence-electron chi connectivity index (χ3n) is 1.91. The summed E-state index contributed by atoms with van der Waals surface area (Å²) >= 11 is 0. The lowest BCUT2D eigenvalue weighted by Gasteiger charge is -2.22. The number of carboxylic acid groups (broad SMARTS) is 1. The van der Waals surface area contributed by atoms with E-state index in [1.54, 1.807) is 7.05 Å². The summed E-state index contributed by atoms with van der Waals surface area (Å²) in [7, 11) is 1.64. The van der Waals surface area contributed by atoms with Crippen molar-refractivity contribution in [1.82, 2.24) is 4.90 Å². The molecule has 0 aliphatic rings. The lowest BCUT2D eigenvalue weighted by atomic mass is 10.2. The Morgan fingerprint density at radius 1 is 1.71 bits per heavy atom. The molecule has 0 amide bonds. The van der Waals surface area contributed by atoms with Gasteiger partial charge in [0.2, 0.25) is 5.84 Å². The third-order valence-corrected chi connectivity index (χ3v) is 1.91. The molecule has 0 radical (unpaired) electrons. The van der Waals surface area contributed by atoms with Crippen molar-refractivity contribution in [3.63, 3.8) is 0 Å². The molecule has 14 heavy (non-hydrogen) atoms. The molecular formula is C9H17N3O2. The van der Waals surface area contributed by atoms with E-state index >= 15 is 0 Å². The predicted octanol–water partition coefficient (Wildman–Crippen LogP) is 0.630. The van der Waals surface area contributed by atoms with Crippen molar-refractivity contribution in [2.75, 3.05) is 7.05 Å². The number of hydrogen-bond acceptors (Lipinski definition) is 3. The Labute approximate surface area is 83.9 Å². The average molecular weight is 199 g/mol. The largest absolute Gasteiger partial charge is 0.475 e. The number of hydrazone groups is 1. The van der Waals surface area contributed by atoms with Crippen LogP contribution in [-0.2, 0) is 4.79 Å². The smallest absolute Gasteiger partial charge is 0.373 e. The molecule has 0 aliphatic heterocycles. The van der Waals surface area contributed by atoms with Crippen molar-refractivity contribution in [1.29, 1.82) is 0 Å². The monoisotopic (exact) mass is 199 g/mol. The Bertz CT molecular complexity index is 248. The molecular weight excluding hydrogens is 182 g/mol. The van der Waals surface area contributed by atoms with Crippen LogP contribution in [-0.4, -0.2) is 34.9 Å². The fourth-order valence-electron chi connectivity index (χ4n) is 0.952. The van der Waals surface area contributed by atoms with Gasteiger partial charge >= 0.3 is 5.97 Å². The minimum atomic E-state index is -1.12. The first-order chi connectivity index (χ1) is 6.54. The number of likely N-dealkylation sites (N-methyl/N-ethyl adjacent to an activating group) is 1. The molecule has 0 aromatic heterocycles. The zero-order chi connectivity index (χ0) is 11.1. The summed E-state index contributed by atoms with van der Waals surface area (Å²) in [6.45, 7) is 3.89. The van der Waals surface area contributed by atoms with Crippen molar-refractivity contribution in [3.8, 4) is 0 Å². The SMILES string of the molecule is CC/C=C\C(C)N(C)/C(=N\N)C(=O)O. The molecule has 3 N–H and O–H groups in total. The molecule has 0 spiro atoms. The van der Waals surface area contributed by atoms with Crippen LogP contribution in [0.2, 0.25) is 0 Å². The first-order valence-corrected chi connectivity index (χ1v) is 4.45. The van der Waals surface area contributed by atoms with E-state index in [4.69, 9.17) is 10.9 Å². The van der Waals surface area contributed by atoms with Gasteiger partial charge in [-0.2, -0.15) is 5.10 Å². The average Bonchev–Trinajstić information content (AvgIpc) is 2.14. The van der Waals surface area contributed by atoms with E-state index < -0.39 is 5.97 Å². The first-order valence-electron chi connectivity index (χ1n) is 4.45. The van der Waals surface area contributed by atoms with Crippen molar-refractivity contribution in [3.05, 3.63) is 12.2 Å². The standard InChI is InChI=1S/C9H17N3O2/c1-4-5-6-7(2)12(3)8(11-10)9(13)14/h5-7H,4,10H2,1-3H3,(H,13,14)/b6-5-,11-8-. The summed E-state index contributed by atoms with van der Waals surface area (Å²) in [6.07, 6.45) is 4.80. The summed E-state index contributed by atoms with van der Waals surface area (Å²) in [5.74, 6) is 3.72. The number of hydrogen-bond donors (Lipinski definition) is 2. The van der Waals surface area contributed by atoms with Crippen molar-refractivity contribution >= 4 is 11.8 Å². The predicted molar refractivity (Wildman–Crippen MR) is 55.9 cm³/mol. The second kappa shape index (κ2) is 6.01. The number of allylic oxidation sites excluding steroid dienone is 1. The molecule has 1 atom stereocenters. The molecule has 80 valence electrons. The first kappa shape index (κ1) is 12.5. The zero-order valence-electron chi connectivity index (χ0n) is 8.77. The van der Waals surface area contributed by atoms with Crippen LogP contribution in [0.15, 0.2) is 17.3 Å². The Balaban J connectivity index is 4.51. The van der Waals surface area contributed by atoms with Crippen molar-refractivity contribution < 1.29 is 9.90 Å². The molecule has 1 unspecified atom stereocenters. The molecule has 0 bridgehead atoms. The van der Waals surface area contributed by atoms with Crippen LogP contribution >= 0.6 is 0 Å². The van der Waals surface area contributed by atoms with Gasteiger partial charge in [-0.15, -0.1) is 0 Å². The van der Waals surface area contributed by atoms with E-state index in [9.17, 15) is 4.79 Å². The molecule has 0 fully saturated rings. The highest BCUT2D eigenvalue weighted by atomic mass is 16.4. The van der Waals surface area contributed by atoms with Crippen LogP contribution in [0.1, 0.15) is 20.3 Å². The van der Waals surface area contributed by atoms with E-state index in [-0.39, 0.29) is 11.9 Å². The van der Waals surface area contributed by atoms with Crippen LogP contribution in [0.25, 0.3) is 0 Å². The maximum atomic E-state index is 10.7. The van der Waals surface area contributed by atoms with E-state index in [0.29, 0.717) is 0 Å². The molecule has 0 aromatic carbocycles. The third kappa shape index (κ3) is 3.47. The number of aliphatic carboxylic acids is 1. The fourth-order valence-corrected chi connectivity index (χ4v) is 0.952. The summed E-state index contributed by atoms with van der Waals surface area (Å²) < 4.78 is 0. The Morgan fingerprint density at radius 3 is 2.64 bits per heavy atom. The minimum absolute atomic E-state index is 0.0339. The van der Waals surface area contributed by atoms with E-state index in [0.717, 1.165) is 6.42 Å². The molecule has 5 nitrogen and oxygen atoms in total. The molecule has 0 saturated heterocycles. The van der Waals surface area contributed by atoms with E-state index in [2.05, 4.69) is 5.10 Å². The molecule has 5 heteroatoms.